The van der Waals surface area contributed by atoms with Crippen molar-refractivity contribution in [2.45, 2.75) is 0 Å². The van der Waals surface area contributed by atoms with Crippen LogP contribution < -0.4 is 14.8 Å². The molecule has 8 nitrogen and oxygen atoms in total. The van der Waals surface area contributed by atoms with Gasteiger partial charge in [-0.05, 0) is 24.3 Å². The lowest BCUT2D eigenvalue weighted by Gasteiger charge is -2.06. The summed E-state index contributed by atoms with van der Waals surface area (Å²) in [7, 11) is 1.56. The number of nitro groups is 1. The van der Waals surface area contributed by atoms with Crippen LogP contribution in [-0.2, 0) is 4.79 Å². The van der Waals surface area contributed by atoms with Gasteiger partial charge >= 0.3 is 0 Å². The van der Waals surface area contributed by atoms with Crippen molar-refractivity contribution in [2.75, 3.05) is 19.0 Å². The molecule has 134 valence electrons. The molecule has 1 aromatic heterocycles. The Kier molecular flexibility index (Phi) is 4.94. The second-order valence-corrected chi connectivity index (χ2v) is 6.09. The molecule has 0 spiro atoms. The summed E-state index contributed by atoms with van der Waals surface area (Å²) in [6.45, 7) is -0.464. The van der Waals surface area contributed by atoms with Crippen LogP contribution in [0.1, 0.15) is 0 Å². The van der Waals surface area contributed by atoms with Crippen LogP contribution in [0.25, 0.3) is 10.2 Å². The van der Waals surface area contributed by atoms with E-state index in [1.165, 1.54) is 11.3 Å². The normalized spacial score (nSPS) is 10.5. The molecule has 26 heavy (non-hydrogen) atoms. The third-order valence-corrected chi connectivity index (χ3v) is 4.26. The van der Waals surface area contributed by atoms with Crippen molar-refractivity contribution < 1.29 is 23.6 Å². The van der Waals surface area contributed by atoms with Gasteiger partial charge in [0.05, 0.1) is 28.3 Å². The van der Waals surface area contributed by atoms with Crippen LogP contribution in [0.15, 0.2) is 36.4 Å². The van der Waals surface area contributed by atoms with E-state index in [-0.39, 0.29) is 5.75 Å². The van der Waals surface area contributed by atoms with E-state index in [1.54, 1.807) is 25.3 Å². The third kappa shape index (κ3) is 3.86. The summed E-state index contributed by atoms with van der Waals surface area (Å²) in [5.74, 6) is -1.02. The maximum Gasteiger partial charge on any atom is 0.272 e. The number of halogens is 1. The standard InChI is InChI=1S/C16H12FN3O5S/c1-24-10-3-4-12-14(7-10)26-16(18-12)19-15(21)8-25-13-5-2-9(20(22)23)6-11(13)17/h2-7H,8H2,1H3,(H,18,19,21). The van der Waals surface area contributed by atoms with Gasteiger partial charge in [-0.15, -0.1) is 0 Å². The van der Waals surface area contributed by atoms with Gasteiger partial charge < -0.3 is 9.47 Å². The van der Waals surface area contributed by atoms with E-state index in [1.807, 2.05) is 0 Å². The number of hydrogen-bond donors (Lipinski definition) is 1. The molecule has 2 aromatic carbocycles. The zero-order chi connectivity index (χ0) is 18.7. The molecule has 0 atom stereocenters. The van der Waals surface area contributed by atoms with Crippen LogP contribution in [0, 0.1) is 15.9 Å². The van der Waals surface area contributed by atoms with Crippen molar-refractivity contribution >= 4 is 38.3 Å². The highest BCUT2D eigenvalue weighted by molar-refractivity contribution is 7.22. The molecule has 1 amide bonds. The van der Waals surface area contributed by atoms with Crippen LogP contribution in [0.4, 0.5) is 15.2 Å². The number of hydrogen-bond acceptors (Lipinski definition) is 7. The molecular weight excluding hydrogens is 365 g/mol. The van der Waals surface area contributed by atoms with Gasteiger partial charge in [0, 0.05) is 6.07 Å². The van der Waals surface area contributed by atoms with E-state index < -0.39 is 28.9 Å². The Balaban J connectivity index is 1.63. The van der Waals surface area contributed by atoms with Gasteiger partial charge in [-0.2, -0.15) is 0 Å². The van der Waals surface area contributed by atoms with E-state index in [0.717, 1.165) is 22.9 Å². The predicted molar refractivity (Wildman–Crippen MR) is 93.4 cm³/mol. The Hall–Kier alpha value is -3.27. The summed E-state index contributed by atoms with van der Waals surface area (Å²) >= 11 is 1.26. The van der Waals surface area contributed by atoms with Crippen LogP contribution in [0.3, 0.4) is 0 Å². The Morgan fingerprint density at radius 3 is 2.85 bits per heavy atom. The Morgan fingerprint density at radius 2 is 2.15 bits per heavy atom. The van der Waals surface area contributed by atoms with Crippen molar-refractivity contribution in [1.29, 1.82) is 0 Å². The number of nitrogens with one attached hydrogen (secondary N) is 1. The first-order valence-electron chi connectivity index (χ1n) is 7.27. The molecule has 0 saturated heterocycles. The fourth-order valence-corrected chi connectivity index (χ4v) is 3.01. The number of carbonyl (C=O) groups excluding carboxylic acids is 1. The average molecular weight is 377 g/mol. The Labute approximate surface area is 150 Å². The molecule has 1 N–H and O–H groups in total. The molecule has 0 saturated carbocycles. The third-order valence-electron chi connectivity index (χ3n) is 3.33. The van der Waals surface area contributed by atoms with E-state index >= 15 is 0 Å². The number of non-ortho nitro benzene ring substituents is 1. The monoisotopic (exact) mass is 377 g/mol. The van der Waals surface area contributed by atoms with Crippen molar-refractivity contribution in [3.8, 4) is 11.5 Å². The average Bonchev–Trinajstić information content (AvgIpc) is 3.01. The minimum atomic E-state index is -0.918. The number of methoxy groups -OCH3 is 1. The van der Waals surface area contributed by atoms with Gasteiger partial charge in [-0.25, -0.2) is 9.37 Å². The quantitative estimate of drug-likeness (QED) is 0.522. The molecule has 0 bridgehead atoms. The molecule has 0 aliphatic heterocycles. The molecule has 10 heteroatoms. The minimum absolute atomic E-state index is 0.250. The highest BCUT2D eigenvalue weighted by atomic mass is 32.1. The molecule has 0 aliphatic rings. The highest BCUT2D eigenvalue weighted by Gasteiger charge is 2.14. The Bertz CT molecular complexity index is 991. The SMILES string of the molecule is COc1ccc2nc(NC(=O)COc3ccc([N+](=O)[O-])cc3F)sc2c1. The number of thiazole rings is 1. The van der Waals surface area contributed by atoms with Crippen LogP contribution in [-0.4, -0.2) is 29.5 Å². The lowest BCUT2D eigenvalue weighted by Crippen LogP contribution is -2.20. The number of anilines is 1. The van der Waals surface area contributed by atoms with Crippen LogP contribution in [0.2, 0.25) is 0 Å². The number of fused-ring (bicyclic) bond motifs is 1. The highest BCUT2D eigenvalue weighted by Crippen LogP contribution is 2.29. The smallest absolute Gasteiger partial charge is 0.272 e. The zero-order valence-electron chi connectivity index (χ0n) is 13.4. The lowest BCUT2D eigenvalue weighted by atomic mass is 10.3. The first-order valence-corrected chi connectivity index (χ1v) is 8.09. The van der Waals surface area contributed by atoms with Crippen molar-refractivity contribution in [3.05, 3.63) is 52.3 Å². The second kappa shape index (κ2) is 7.31. The van der Waals surface area contributed by atoms with Gasteiger partial charge in [-0.3, -0.25) is 20.2 Å². The first-order chi connectivity index (χ1) is 12.5. The van der Waals surface area contributed by atoms with Crippen LogP contribution >= 0.6 is 11.3 Å². The molecule has 3 aromatic rings. The number of ether oxygens (including phenoxy) is 2. The van der Waals surface area contributed by atoms with Crippen LogP contribution in [0.5, 0.6) is 11.5 Å². The summed E-state index contributed by atoms with van der Waals surface area (Å²) in [6.07, 6.45) is 0. The number of nitrogens with zero attached hydrogens (tertiary/aromatic N) is 2. The molecule has 0 aliphatic carbocycles. The number of benzene rings is 2. The summed E-state index contributed by atoms with van der Waals surface area (Å²) in [6, 6.07) is 8.25. The first kappa shape index (κ1) is 17.5. The van der Waals surface area contributed by atoms with Gasteiger partial charge in [-0.1, -0.05) is 11.3 Å². The zero-order valence-corrected chi connectivity index (χ0v) is 14.2. The number of nitro benzene ring substituents is 1. The number of aromatic nitrogens is 1. The summed E-state index contributed by atoms with van der Waals surface area (Å²) < 4.78 is 24.7. The largest absolute Gasteiger partial charge is 0.497 e. The van der Waals surface area contributed by atoms with Crippen molar-refractivity contribution in [2.24, 2.45) is 0 Å². The van der Waals surface area contributed by atoms with Crippen molar-refractivity contribution in [1.82, 2.24) is 4.98 Å². The van der Waals surface area contributed by atoms with Crippen molar-refractivity contribution in [3.63, 3.8) is 0 Å². The number of carbonyl (C=O) groups is 1. The lowest BCUT2D eigenvalue weighted by molar-refractivity contribution is -0.385. The molecule has 0 unspecified atom stereocenters. The number of rotatable bonds is 6. The van der Waals surface area contributed by atoms with Gasteiger partial charge in [0.15, 0.2) is 23.3 Å². The van der Waals surface area contributed by atoms with Gasteiger partial charge in [0.25, 0.3) is 11.6 Å². The Morgan fingerprint density at radius 1 is 1.35 bits per heavy atom. The summed E-state index contributed by atoms with van der Waals surface area (Å²) in [4.78, 5) is 26.1. The van der Waals surface area contributed by atoms with Gasteiger partial charge in [0.2, 0.25) is 0 Å². The molecule has 0 radical (unpaired) electrons. The van der Waals surface area contributed by atoms with E-state index in [0.29, 0.717) is 16.4 Å². The molecule has 3 rings (SSSR count). The molecular formula is C16H12FN3O5S. The second-order valence-electron chi connectivity index (χ2n) is 5.06. The maximum atomic E-state index is 13.7. The summed E-state index contributed by atoms with van der Waals surface area (Å²) in [5, 5.41) is 13.5. The van der Waals surface area contributed by atoms with E-state index in [4.69, 9.17) is 9.47 Å². The summed E-state index contributed by atoms with van der Waals surface area (Å²) in [5.41, 5.74) is 0.303. The topological polar surface area (TPSA) is 104 Å². The molecule has 1 heterocycles. The van der Waals surface area contributed by atoms with E-state index in [2.05, 4.69) is 10.3 Å². The fourth-order valence-electron chi connectivity index (χ4n) is 2.10. The predicted octanol–water partition coefficient (Wildman–Crippen LogP) is 3.37. The molecule has 0 fully saturated rings. The van der Waals surface area contributed by atoms with E-state index in [9.17, 15) is 19.3 Å². The maximum absolute atomic E-state index is 13.7. The minimum Gasteiger partial charge on any atom is -0.497 e. The fraction of sp³-hybridized carbons (Fsp3) is 0.125. The number of amides is 1. The van der Waals surface area contributed by atoms with Gasteiger partial charge in [0.1, 0.15) is 5.75 Å².